The highest BCUT2D eigenvalue weighted by Gasteiger charge is 2.16. The maximum atomic E-state index is 12.0. The molecule has 0 radical (unpaired) electrons. The molecule has 2 rings (SSSR count). The van der Waals surface area contributed by atoms with Crippen LogP contribution in [0.4, 0.5) is 11.4 Å². The second kappa shape index (κ2) is 8.43. The van der Waals surface area contributed by atoms with Crippen molar-refractivity contribution in [3.05, 3.63) is 57.6 Å². The standard InChI is InChI=1S/C17H16N4O6/c1-10(22)19-13-5-3-11(4-6-13)17(24)20-18-9-12-7-14(21(25)26)8-15(27-2)16(12)23/h3-9,23H,1-2H3,(H,19,22)(H,20,24). The maximum Gasteiger partial charge on any atom is 0.274 e. The molecule has 3 N–H and O–H groups in total. The van der Waals surface area contributed by atoms with E-state index < -0.39 is 10.8 Å². The minimum absolute atomic E-state index is 0.00218. The smallest absolute Gasteiger partial charge is 0.274 e. The number of hydrogen-bond acceptors (Lipinski definition) is 7. The van der Waals surface area contributed by atoms with Crippen LogP contribution in [0.25, 0.3) is 0 Å². The van der Waals surface area contributed by atoms with Gasteiger partial charge in [0.05, 0.1) is 24.3 Å². The number of phenols is 1. The Morgan fingerprint density at radius 3 is 2.48 bits per heavy atom. The third kappa shape index (κ3) is 5.01. The predicted molar refractivity (Wildman–Crippen MR) is 97.1 cm³/mol. The monoisotopic (exact) mass is 372 g/mol. The fourth-order valence-corrected chi connectivity index (χ4v) is 2.11. The highest BCUT2D eigenvalue weighted by atomic mass is 16.6. The number of ether oxygens (including phenoxy) is 1. The number of hydrazone groups is 1. The molecule has 0 aliphatic carbocycles. The quantitative estimate of drug-likeness (QED) is 0.402. The van der Waals surface area contributed by atoms with Crippen LogP contribution in [0.1, 0.15) is 22.8 Å². The van der Waals surface area contributed by atoms with Gasteiger partial charge in [0.15, 0.2) is 11.5 Å². The molecule has 27 heavy (non-hydrogen) atoms. The molecule has 2 amide bonds. The second-order valence-electron chi connectivity index (χ2n) is 5.30. The van der Waals surface area contributed by atoms with Crippen LogP contribution in [0.5, 0.6) is 11.5 Å². The van der Waals surface area contributed by atoms with Gasteiger partial charge in [-0.3, -0.25) is 19.7 Å². The van der Waals surface area contributed by atoms with Gasteiger partial charge < -0.3 is 15.2 Å². The number of methoxy groups -OCH3 is 1. The van der Waals surface area contributed by atoms with Crippen molar-refractivity contribution < 1.29 is 24.4 Å². The minimum atomic E-state index is -0.644. The summed E-state index contributed by atoms with van der Waals surface area (Å²) in [6, 6.07) is 8.25. The van der Waals surface area contributed by atoms with Crippen LogP contribution in [-0.2, 0) is 4.79 Å². The minimum Gasteiger partial charge on any atom is -0.504 e. The Balaban J connectivity index is 2.12. The van der Waals surface area contributed by atoms with Gasteiger partial charge in [-0.15, -0.1) is 0 Å². The SMILES string of the molecule is COc1cc([N+](=O)[O-])cc(C=NNC(=O)c2ccc(NC(C)=O)cc2)c1O. The zero-order valence-corrected chi connectivity index (χ0v) is 14.4. The predicted octanol–water partition coefficient (Wildman–Crippen LogP) is 2.03. The van der Waals surface area contributed by atoms with E-state index in [0.717, 1.165) is 18.3 Å². The average Bonchev–Trinajstić information content (AvgIpc) is 2.62. The number of nitro benzene ring substituents is 1. The number of nitrogens with zero attached hydrogens (tertiary/aromatic N) is 2. The molecule has 2 aromatic carbocycles. The van der Waals surface area contributed by atoms with E-state index in [1.54, 1.807) is 12.1 Å². The number of aromatic hydroxyl groups is 1. The normalized spacial score (nSPS) is 10.4. The fraction of sp³-hybridized carbons (Fsp3) is 0.118. The van der Waals surface area contributed by atoms with Crippen LogP contribution in [0.3, 0.4) is 0 Å². The van der Waals surface area contributed by atoms with Crippen molar-refractivity contribution in [3.63, 3.8) is 0 Å². The number of benzene rings is 2. The van der Waals surface area contributed by atoms with E-state index in [1.807, 2.05) is 0 Å². The average molecular weight is 372 g/mol. The molecule has 0 atom stereocenters. The summed E-state index contributed by atoms with van der Waals surface area (Å²) in [6.07, 6.45) is 1.06. The van der Waals surface area contributed by atoms with E-state index >= 15 is 0 Å². The zero-order valence-electron chi connectivity index (χ0n) is 14.4. The lowest BCUT2D eigenvalue weighted by molar-refractivity contribution is -0.385. The van der Waals surface area contributed by atoms with E-state index in [4.69, 9.17) is 4.74 Å². The number of rotatable bonds is 6. The Morgan fingerprint density at radius 1 is 1.26 bits per heavy atom. The number of nitro groups is 1. The summed E-state index contributed by atoms with van der Waals surface area (Å²) >= 11 is 0. The Hall–Kier alpha value is -3.95. The highest BCUT2D eigenvalue weighted by molar-refractivity contribution is 5.96. The third-order valence-corrected chi connectivity index (χ3v) is 3.36. The maximum absolute atomic E-state index is 12.0. The molecule has 0 saturated carbocycles. The third-order valence-electron chi connectivity index (χ3n) is 3.36. The summed E-state index contributed by atoms with van der Waals surface area (Å²) in [6.45, 7) is 1.37. The van der Waals surface area contributed by atoms with E-state index in [-0.39, 0.29) is 34.2 Å². The number of nitrogens with one attached hydrogen (secondary N) is 2. The summed E-state index contributed by atoms with van der Waals surface area (Å²) in [4.78, 5) is 33.3. The summed E-state index contributed by atoms with van der Waals surface area (Å²) in [7, 11) is 1.26. The molecule has 10 heteroatoms. The lowest BCUT2D eigenvalue weighted by Gasteiger charge is -2.06. The highest BCUT2D eigenvalue weighted by Crippen LogP contribution is 2.33. The molecule has 0 heterocycles. The molecule has 0 aliphatic heterocycles. The molecule has 0 spiro atoms. The summed E-state index contributed by atoms with van der Waals surface area (Å²) < 4.78 is 4.88. The lowest BCUT2D eigenvalue weighted by Crippen LogP contribution is -2.17. The Morgan fingerprint density at radius 2 is 1.93 bits per heavy atom. The van der Waals surface area contributed by atoms with Gasteiger partial charge in [-0.25, -0.2) is 5.43 Å². The first-order valence-corrected chi connectivity index (χ1v) is 7.58. The van der Waals surface area contributed by atoms with Crippen molar-refractivity contribution in [1.82, 2.24) is 5.43 Å². The van der Waals surface area contributed by atoms with Gasteiger partial charge in [0.1, 0.15) is 0 Å². The van der Waals surface area contributed by atoms with Crippen LogP contribution < -0.4 is 15.5 Å². The number of carbonyl (C=O) groups is 2. The zero-order chi connectivity index (χ0) is 20.0. The van der Waals surface area contributed by atoms with Gasteiger partial charge in [0.2, 0.25) is 5.91 Å². The van der Waals surface area contributed by atoms with Crippen LogP contribution in [0.2, 0.25) is 0 Å². The van der Waals surface area contributed by atoms with Crippen molar-refractivity contribution in [1.29, 1.82) is 0 Å². The van der Waals surface area contributed by atoms with Gasteiger partial charge >= 0.3 is 0 Å². The van der Waals surface area contributed by atoms with Crippen molar-refractivity contribution in [2.45, 2.75) is 6.92 Å². The second-order valence-corrected chi connectivity index (χ2v) is 5.30. The molecule has 0 aromatic heterocycles. The molecular formula is C17H16N4O6. The Kier molecular flexibility index (Phi) is 6.05. The van der Waals surface area contributed by atoms with E-state index in [0.29, 0.717) is 5.69 Å². The summed E-state index contributed by atoms with van der Waals surface area (Å²) in [5.74, 6) is -1.22. The van der Waals surface area contributed by atoms with Crippen LogP contribution >= 0.6 is 0 Å². The van der Waals surface area contributed by atoms with Gasteiger partial charge in [0.25, 0.3) is 11.6 Å². The first-order chi connectivity index (χ1) is 12.8. The number of carbonyl (C=O) groups excluding carboxylic acids is 2. The van der Waals surface area contributed by atoms with Gasteiger partial charge in [-0.2, -0.15) is 5.10 Å². The largest absolute Gasteiger partial charge is 0.504 e. The Labute approximate surface area is 153 Å². The van der Waals surface area contributed by atoms with Gasteiger partial charge in [-0.1, -0.05) is 0 Å². The summed E-state index contributed by atoms with van der Waals surface area (Å²) in [5.41, 5.74) is 2.76. The van der Waals surface area contributed by atoms with Gasteiger partial charge in [-0.05, 0) is 24.3 Å². The molecule has 0 bridgehead atoms. The molecule has 0 fully saturated rings. The number of anilines is 1. The topological polar surface area (TPSA) is 143 Å². The van der Waals surface area contributed by atoms with E-state index in [2.05, 4.69) is 15.8 Å². The lowest BCUT2D eigenvalue weighted by atomic mass is 10.1. The van der Waals surface area contributed by atoms with Crippen molar-refractivity contribution >= 4 is 29.4 Å². The van der Waals surface area contributed by atoms with Crippen LogP contribution in [0.15, 0.2) is 41.5 Å². The van der Waals surface area contributed by atoms with Crippen molar-refractivity contribution in [3.8, 4) is 11.5 Å². The van der Waals surface area contributed by atoms with E-state index in [9.17, 15) is 24.8 Å². The fourth-order valence-electron chi connectivity index (χ4n) is 2.11. The Bertz CT molecular complexity index is 908. The molecule has 0 saturated heterocycles. The molecule has 140 valence electrons. The summed E-state index contributed by atoms with van der Waals surface area (Å²) in [5, 5.41) is 27.2. The van der Waals surface area contributed by atoms with Crippen LogP contribution in [-0.4, -0.2) is 35.2 Å². The number of phenolic OH excluding ortho intramolecular Hbond substituents is 1. The molecular weight excluding hydrogens is 356 g/mol. The number of hydrogen-bond donors (Lipinski definition) is 3. The molecule has 10 nitrogen and oxygen atoms in total. The van der Waals surface area contributed by atoms with Crippen molar-refractivity contribution in [2.75, 3.05) is 12.4 Å². The van der Waals surface area contributed by atoms with Gasteiger partial charge in [0, 0.05) is 29.8 Å². The molecule has 0 aliphatic rings. The first kappa shape index (κ1) is 19.4. The molecule has 0 unspecified atom stereocenters. The van der Waals surface area contributed by atoms with Crippen molar-refractivity contribution in [2.24, 2.45) is 5.10 Å². The van der Waals surface area contributed by atoms with E-state index in [1.165, 1.54) is 26.2 Å². The first-order valence-electron chi connectivity index (χ1n) is 7.58. The number of non-ortho nitro benzene ring substituents is 1. The molecule has 2 aromatic rings. The van der Waals surface area contributed by atoms with Crippen LogP contribution in [0, 0.1) is 10.1 Å². The number of amides is 2.